The summed E-state index contributed by atoms with van der Waals surface area (Å²) in [6, 6.07) is 9.96. The van der Waals surface area contributed by atoms with Gasteiger partial charge in [0.1, 0.15) is 0 Å². The molecule has 0 amide bonds. The minimum atomic E-state index is -0.693. The fourth-order valence-corrected chi connectivity index (χ4v) is 2.29. The predicted octanol–water partition coefficient (Wildman–Crippen LogP) is 0.671. The van der Waals surface area contributed by atoms with Crippen molar-refractivity contribution < 1.29 is 5.11 Å². The molecule has 16 heavy (non-hydrogen) atoms. The van der Waals surface area contributed by atoms with E-state index < -0.39 is 5.60 Å². The van der Waals surface area contributed by atoms with E-state index in [4.69, 9.17) is 5.73 Å². The molecule has 1 unspecified atom stereocenters. The first-order valence-electron chi connectivity index (χ1n) is 5.93. The maximum absolute atomic E-state index is 10.4. The Morgan fingerprint density at radius 3 is 2.50 bits per heavy atom. The summed E-state index contributed by atoms with van der Waals surface area (Å²) in [7, 11) is 0. The highest BCUT2D eigenvalue weighted by Gasteiger charge is 2.35. The van der Waals surface area contributed by atoms with Gasteiger partial charge < -0.3 is 16.2 Å². The number of rotatable bonds is 3. The molecule has 1 fully saturated rings. The number of piperidine rings is 1. The Hall–Kier alpha value is -0.900. The zero-order valence-electron chi connectivity index (χ0n) is 9.52. The van der Waals surface area contributed by atoms with E-state index in [1.165, 1.54) is 5.56 Å². The molecule has 0 saturated carbocycles. The van der Waals surface area contributed by atoms with Gasteiger partial charge in [-0.1, -0.05) is 30.3 Å². The lowest BCUT2D eigenvalue weighted by Crippen LogP contribution is -2.54. The van der Waals surface area contributed by atoms with Crippen molar-refractivity contribution >= 4 is 0 Å². The molecule has 0 radical (unpaired) electrons. The molecule has 0 aliphatic carbocycles. The van der Waals surface area contributed by atoms with Crippen molar-refractivity contribution in [1.82, 2.24) is 5.32 Å². The smallest absolute Gasteiger partial charge is 0.0825 e. The van der Waals surface area contributed by atoms with E-state index in [0.29, 0.717) is 0 Å². The minimum absolute atomic E-state index is 0.169. The van der Waals surface area contributed by atoms with E-state index >= 15 is 0 Å². The van der Waals surface area contributed by atoms with Crippen LogP contribution in [0.5, 0.6) is 0 Å². The van der Waals surface area contributed by atoms with Gasteiger partial charge in [0, 0.05) is 6.04 Å². The van der Waals surface area contributed by atoms with Crippen LogP contribution in [0.4, 0.5) is 0 Å². The number of nitrogens with two attached hydrogens (primary N) is 1. The van der Waals surface area contributed by atoms with E-state index in [9.17, 15) is 5.11 Å². The lowest BCUT2D eigenvalue weighted by molar-refractivity contribution is -0.0132. The van der Waals surface area contributed by atoms with Gasteiger partial charge in [0.2, 0.25) is 0 Å². The van der Waals surface area contributed by atoms with Crippen molar-refractivity contribution in [1.29, 1.82) is 0 Å². The van der Waals surface area contributed by atoms with Crippen LogP contribution >= 0.6 is 0 Å². The quantitative estimate of drug-likeness (QED) is 0.702. The Morgan fingerprint density at radius 2 is 1.88 bits per heavy atom. The Balaban J connectivity index is 1.99. The summed E-state index contributed by atoms with van der Waals surface area (Å²) >= 11 is 0. The molecule has 1 aliphatic heterocycles. The number of hydrogen-bond donors (Lipinski definition) is 3. The van der Waals surface area contributed by atoms with Crippen molar-refractivity contribution in [2.75, 3.05) is 13.1 Å². The van der Waals surface area contributed by atoms with Gasteiger partial charge in [0.25, 0.3) is 0 Å². The molecule has 0 spiro atoms. The lowest BCUT2D eigenvalue weighted by Gasteiger charge is -2.37. The van der Waals surface area contributed by atoms with E-state index in [-0.39, 0.29) is 6.04 Å². The molecule has 0 bridgehead atoms. The normalized spacial score (nSPS) is 21.6. The Kier molecular flexibility index (Phi) is 3.59. The van der Waals surface area contributed by atoms with Crippen LogP contribution in [0.1, 0.15) is 18.4 Å². The zero-order chi connectivity index (χ0) is 11.4. The summed E-state index contributed by atoms with van der Waals surface area (Å²) in [5.41, 5.74) is 6.64. The fraction of sp³-hybridized carbons (Fsp3) is 0.538. The van der Waals surface area contributed by atoms with Gasteiger partial charge in [-0.2, -0.15) is 0 Å². The lowest BCUT2D eigenvalue weighted by atomic mass is 9.82. The van der Waals surface area contributed by atoms with Crippen LogP contribution in [-0.4, -0.2) is 29.8 Å². The van der Waals surface area contributed by atoms with Crippen LogP contribution in [0.25, 0.3) is 0 Å². The monoisotopic (exact) mass is 220 g/mol. The standard InChI is InChI=1S/C13H20N2O/c14-12(10-11-4-2-1-3-5-11)13(16)6-8-15-9-7-13/h1-5,12,15-16H,6-10,14H2. The van der Waals surface area contributed by atoms with E-state index in [2.05, 4.69) is 17.4 Å². The second-order valence-corrected chi connectivity index (χ2v) is 4.65. The molecule has 4 N–H and O–H groups in total. The Bertz CT molecular complexity index is 320. The highest BCUT2D eigenvalue weighted by Crippen LogP contribution is 2.23. The fourth-order valence-electron chi connectivity index (χ4n) is 2.29. The first kappa shape index (κ1) is 11.6. The highest BCUT2D eigenvalue weighted by atomic mass is 16.3. The molecule has 3 nitrogen and oxygen atoms in total. The Morgan fingerprint density at radius 1 is 1.25 bits per heavy atom. The van der Waals surface area contributed by atoms with E-state index in [1.807, 2.05) is 18.2 Å². The van der Waals surface area contributed by atoms with E-state index in [1.54, 1.807) is 0 Å². The molecule has 2 rings (SSSR count). The predicted molar refractivity (Wildman–Crippen MR) is 65.2 cm³/mol. The summed E-state index contributed by atoms with van der Waals surface area (Å²) in [6.45, 7) is 1.72. The maximum atomic E-state index is 10.4. The van der Waals surface area contributed by atoms with Crippen molar-refractivity contribution in [3.8, 4) is 0 Å². The number of nitrogens with one attached hydrogen (secondary N) is 1. The van der Waals surface area contributed by atoms with Crippen LogP contribution in [-0.2, 0) is 6.42 Å². The van der Waals surface area contributed by atoms with Crippen LogP contribution in [0, 0.1) is 0 Å². The molecule has 0 aromatic heterocycles. The SMILES string of the molecule is NC(Cc1ccccc1)C1(O)CCNCC1. The van der Waals surface area contributed by atoms with Gasteiger partial charge >= 0.3 is 0 Å². The second-order valence-electron chi connectivity index (χ2n) is 4.65. The summed E-state index contributed by atoms with van der Waals surface area (Å²) in [5, 5.41) is 13.7. The number of hydrogen-bond acceptors (Lipinski definition) is 3. The first-order chi connectivity index (χ1) is 7.71. The van der Waals surface area contributed by atoms with Crippen molar-refractivity contribution in [3.05, 3.63) is 35.9 Å². The number of benzene rings is 1. The molecule has 1 aliphatic rings. The van der Waals surface area contributed by atoms with Crippen molar-refractivity contribution in [2.24, 2.45) is 5.73 Å². The average molecular weight is 220 g/mol. The molecule has 1 heterocycles. The molecule has 3 heteroatoms. The molecule has 1 saturated heterocycles. The third kappa shape index (κ3) is 2.61. The average Bonchev–Trinajstić information content (AvgIpc) is 2.31. The summed E-state index contributed by atoms with van der Waals surface area (Å²) in [4.78, 5) is 0. The van der Waals surface area contributed by atoms with Crippen LogP contribution in [0.3, 0.4) is 0 Å². The maximum Gasteiger partial charge on any atom is 0.0825 e. The zero-order valence-corrected chi connectivity index (χ0v) is 9.52. The second kappa shape index (κ2) is 4.95. The Labute approximate surface area is 96.7 Å². The van der Waals surface area contributed by atoms with Gasteiger partial charge in [-0.15, -0.1) is 0 Å². The summed E-state index contributed by atoms with van der Waals surface area (Å²) in [5.74, 6) is 0. The molecule has 88 valence electrons. The minimum Gasteiger partial charge on any atom is -0.388 e. The van der Waals surface area contributed by atoms with Gasteiger partial charge in [-0.05, 0) is 37.9 Å². The summed E-state index contributed by atoms with van der Waals surface area (Å²) < 4.78 is 0. The topological polar surface area (TPSA) is 58.3 Å². The van der Waals surface area contributed by atoms with Gasteiger partial charge in [-0.25, -0.2) is 0 Å². The van der Waals surface area contributed by atoms with Gasteiger partial charge in [0.15, 0.2) is 0 Å². The highest BCUT2D eigenvalue weighted by molar-refractivity contribution is 5.17. The van der Waals surface area contributed by atoms with Gasteiger partial charge in [0.05, 0.1) is 5.60 Å². The third-order valence-electron chi connectivity index (χ3n) is 3.46. The molecular weight excluding hydrogens is 200 g/mol. The molecule has 1 aromatic carbocycles. The van der Waals surface area contributed by atoms with Crippen LogP contribution in [0.15, 0.2) is 30.3 Å². The summed E-state index contributed by atoms with van der Waals surface area (Å²) in [6.07, 6.45) is 2.25. The van der Waals surface area contributed by atoms with Crippen molar-refractivity contribution in [3.63, 3.8) is 0 Å². The third-order valence-corrected chi connectivity index (χ3v) is 3.46. The van der Waals surface area contributed by atoms with Crippen LogP contribution in [0.2, 0.25) is 0 Å². The molecule has 1 aromatic rings. The van der Waals surface area contributed by atoms with Gasteiger partial charge in [-0.3, -0.25) is 0 Å². The largest absolute Gasteiger partial charge is 0.388 e. The molecular formula is C13H20N2O. The van der Waals surface area contributed by atoms with E-state index in [0.717, 1.165) is 32.4 Å². The first-order valence-corrected chi connectivity index (χ1v) is 5.93. The van der Waals surface area contributed by atoms with Crippen molar-refractivity contribution in [2.45, 2.75) is 30.9 Å². The number of aliphatic hydroxyl groups is 1. The molecule has 1 atom stereocenters. The van der Waals surface area contributed by atoms with Crippen LogP contribution < -0.4 is 11.1 Å².